The second-order valence-electron chi connectivity index (χ2n) is 6.51. The summed E-state index contributed by atoms with van der Waals surface area (Å²) in [5.74, 6) is -0.313. The zero-order valence-corrected chi connectivity index (χ0v) is 15.1. The van der Waals surface area contributed by atoms with Crippen molar-refractivity contribution in [2.75, 3.05) is 7.11 Å². The van der Waals surface area contributed by atoms with E-state index in [4.69, 9.17) is 4.74 Å². The number of carbonyl (C=O) groups is 1. The fourth-order valence-corrected chi connectivity index (χ4v) is 3.36. The summed E-state index contributed by atoms with van der Waals surface area (Å²) in [5.41, 5.74) is 5.32. The summed E-state index contributed by atoms with van der Waals surface area (Å²) >= 11 is 0. The Morgan fingerprint density at radius 1 is 1.00 bits per heavy atom. The quantitative estimate of drug-likeness (QED) is 0.496. The summed E-state index contributed by atoms with van der Waals surface area (Å²) in [4.78, 5) is 15.9. The van der Waals surface area contributed by atoms with Crippen molar-refractivity contribution in [1.29, 1.82) is 0 Å². The molecule has 0 aliphatic rings. The molecule has 0 fully saturated rings. The van der Waals surface area contributed by atoms with E-state index in [1.807, 2.05) is 36.5 Å². The Balaban J connectivity index is 1.68. The van der Waals surface area contributed by atoms with Gasteiger partial charge in [-0.25, -0.2) is 4.79 Å². The first kappa shape index (κ1) is 17.0. The highest BCUT2D eigenvalue weighted by molar-refractivity contribution is 5.89. The Morgan fingerprint density at radius 3 is 2.56 bits per heavy atom. The lowest BCUT2D eigenvalue weighted by Crippen LogP contribution is -2.06. The van der Waals surface area contributed by atoms with Gasteiger partial charge in [-0.15, -0.1) is 0 Å². The van der Waals surface area contributed by atoms with E-state index < -0.39 is 0 Å². The molecule has 0 radical (unpaired) electrons. The van der Waals surface area contributed by atoms with Gasteiger partial charge in [-0.05, 0) is 46.8 Å². The van der Waals surface area contributed by atoms with E-state index in [1.54, 1.807) is 6.20 Å². The molecule has 0 aliphatic carbocycles. The van der Waals surface area contributed by atoms with Crippen LogP contribution in [0.2, 0.25) is 0 Å². The maximum atomic E-state index is 11.6. The van der Waals surface area contributed by atoms with Crippen molar-refractivity contribution in [2.45, 2.75) is 13.0 Å². The van der Waals surface area contributed by atoms with Crippen LogP contribution in [0.15, 0.2) is 79.1 Å². The van der Waals surface area contributed by atoms with E-state index in [0.717, 1.165) is 18.5 Å². The second-order valence-corrected chi connectivity index (χ2v) is 6.51. The van der Waals surface area contributed by atoms with Gasteiger partial charge < -0.3 is 9.30 Å². The summed E-state index contributed by atoms with van der Waals surface area (Å²) in [6, 6.07) is 22.3. The van der Waals surface area contributed by atoms with Crippen LogP contribution in [0.25, 0.3) is 10.9 Å². The predicted molar refractivity (Wildman–Crippen MR) is 106 cm³/mol. The minimum absolute atomic E-state index is 0.313. The number of para-hydroxylation sites is 1. The van der Waals surface area contributed by atoms with Crippen molar-refractivity contribution < 1.29 is 9.53 Å². The standard InChI is InChI=1S/C23H20N2O2/c1-27-23(26)19-10-8-17(9-11-19)13-21-14-20-6-2-3-7-22(20)25(21)16-18-5-4-12-24-15-18/h2-12,14-15H,13,16H2,1H3. The van der Waals surface area contributed by atoms with Crippen LogP contribution in [-0.4, -0.2) is 22.6 Å². The van der Waals surface area contributed by atoms with Gasteiger partial charge in [0.15, 0.2) is 0 Å². The number of aromatic nitrogens is 2. The van der Waals surface area contributed by atoms with Crippen molar-refractivity contribution in [3.8, 4) is 0 Å². The Kier molecular flexibility index (Phi) is 4.71. The molecule has 4 heteroatoms. The Labute approximate surface area is 158 Å². The van der Waals surface area contributed by atoms with Crippen LogP contribution < -0.4 is 0 Å². The van der Waals surface area contributed by atoms with Gasteiger partial charge in [0.05, 0.1) is 12.7 Å². The Hall–Kier alpha value is -3.40. The van der Waals surface area contributed by atoms with Crippen LogP contribution in [0.5, 0.6) is 0 Å². The topological polar surface area (TPSA) is 44.1 Å². The number of rotatable bonds is 5. The van der Waals surface area contributed by atoms with Gasteiger partial charge in [0, 0.05) is 36.6 Å². The van der Waals surface area contributed by atoms with Crippen molar-refractivity contribution in [3.63, 3.8) is 0 Å². The molecule has 4 rings (SSSR count). The van der Waals surface area contributed by atoms with Crippen LogP contribution in [0.4, 0.5) is 0 Å². The van der Waals surface area contributed by atoms with Crippen LogP contribution in [0.3, 0.4) is 0 Å². The molecule has 27 heavy (non-hydrogen) atoms. The van der Waals surface area contributed by atoms with Gasteiger partial charge in [0.2, 0.25) is 0 Å². The fraction of sp³-hybridized carbons (Fsp3) is 0.130. The zero-order chi connectivity index (χ0) is 18.6. The van der Waals surface area contributed by atoms with Crippen molar-refractivity contribution in [1.82, 2.24) is 9.55 Å². The van der Waals surface area contributed by atoms with Gasteiger partial charge >= 0.3 is 5.97 Å². The molecule has 0 aliphatic heterocycles. The van der Waals surface area contributed by atoms with Crippen LogP contribution in [0, 0.1) is 0 Å². The molecule has 0 atom stereocenters. The molecule has 4 nitrogen and oxygen atoms in total. The van der Waals surface area contributed by atoms with Crippen LogP contribution in [-0.2, 0) is 17.7 Å². The Bertz CT molecular complexity index is 1070. The number of hydrogen-bond donors (Lipinski definition) is 0. The third-order valence-corrected chi connectivity index (χ3v) is 4.72. The lowest BCUT2D eigenvalue weighted by atomic mass is 10.1. The van der Waals surface area contributed by atoms with Gasteiger partial charge in [-0.1, -0.05) is 36.4 Å². The highest BCUT2D eigenvalue weighted by atomic mass is 16.5. The summed E-state index contributed by atoms with van der Waals surface area (Å²) in [5, 5.41) is 1.22. The van der Waals surface area contributed by atoms with E-state index in [0.29, 0.717) is 5.56 Å². The monoisotopic (exact) mass is 356 g/mol. The van der Waals surface area contributed by atoms with E-state index >= 15 is 0 Å². The summed E-state index contributed by atoms with van der Waals surface area (Å²) < 4.78 is 7.10. The number of benzene rings is 2. The average molecular weight is 356 g/mol. The number of ether oxygens (including phenoxy) is 1. The second kappa shape index (κ2) is 7.46. The average Bonchev–Trinajstić information content (AvgIpc) is 3.06. The first-order valence-corrected chi connectivity index (χ1v) is 8.88. The van der Waals surface area contributed by atoms with E-state index in [9.17, 15) is 4.79 Å². The van der Waals surface area contributed by atoms with E-state index in [1.165, 1.54) is 29.3 Å². The molecular formula is C23H20N2O2. The molecule has 134 valence electrons. The highest BCUT2D eigenvalue weighted by Crippen LogP contribution is 2.23. The summed E-state index contributed by atoms with van der Waals surface area (Å²) in [6.45, 7) is 0.775. The normalized spacial score (nSPS) is 10.9. The van der Waals surface area contributed by atoms with Gasteiger partial charge in [0.25, 0.3) is 0 Å². The molecule has 0 saturated heterocycles. The third kappa shape index (κ3) is 3.60. The molecule has 0 bridgehead atoms. The predicted octanol–water partition coefficient (Wildman–Crippen LogP) is 4.46. The summed E-state index contributed by atoms with van der Waals surface area (Å²) in [6.07, 6.45) is 4.49. The molecule has 2 aromatic heterocycles. The molecule has 4 aromatic rings. The van der Waals surface area contributed by atoms with E-state index in [2.05, 4.69) is 45.9 Å². The maximum Gasteiger partial charge on any atom is 0.337 e. The number of pyridine rings is 1. The van der Waals surface area contributed by atoms with Crippen LogP contribution >= 0.6 is 0 Å². The minimum Gasteiger partial charge on any atom is -0.465 e. The van der Waals surface area contributed by atoms with Gasteiger partial charge in [-0.2, -0.15) is 0 Å². The maximum absolute atomic E-state index is 11.6. The molecule has 0 amide bonds. The van der Waals surface area contributed by atoms with Crippen molar-refractivity contribution in [3.05, 3.63) is 102 Å². The first-order valence-electron chi connectivity index (χ1n) is 8.88. The first-order chi connectivity index (χ1) is 13.2. The molecule has 0 unspecified atom stereocenters. The third-order valence-electron chi connectivity index (χ3n) is 4.72. The van der Waals surface area contributed by atoms with Gasteiger partial charge in [0.1, 0.15) is 0 Å². The molecule has 2 aromatic carbocycles. The lowest BCUT2D eigenvalue weighted by molar-refractivity contribution is 0.0600. The fourth-order valence-electron chi connectivity index (χ4n) is 3.36. The number of methoxy groups -OCH3 is 1. The minimum atomic E-state index is -0.313. The number of nitrogens with zero attached hydrogens (tertiary/aromatic N) is 2. The molecular weight excluding hydrogens is 336 g/mol. The number of esters is 1. The molecule has 2 heterocycles. The number of hydrogen-bond acceptors (Lipinski definition) is 3. The summed E-state index contributed by atoms with van der Waals surface area (Å²) in [7, 11) is 1.40. The smallest absolute Gasteiger partial charge is 0.337 e. The number of fused-ring (bicyclic) bond motifs is 1. The van der Waals surface area contributed by atoms with Crippen molar-refractivity contribution >= 4 is 16.9 Å². The van der Waals surface area contributed by atoms with Crippen LogP contribution in [0.1, 0.15) is 27.2 Å². The number of carbonyl (C=O) groups excluding carboxylic acids is 1. The Morgan fingerprint density at radius 2 is 1.81 bits per heavy atom. The van der Waals surface area contributed by atoms with Gasteiger partial charge in [-0.3, -0.25) is 4.98 Å². The molecule has 0 saturated carbocycles. The lowest BCUT2D eigenvalue weighted by Gasteiger charge is -2.11. The molecule has 0 N–H and O–H groups in total. The van der Waals surface area contributed by atoms with E-state index in [-0.39, 0.29) is 5.97 Å². The SMILES string of the molecule is COC(=O)c1ccc(Cc2cc3ccccc3n2Cc2cccnc2)cc1. The molecule has 0 spiro atoms. The largest absolute Gasteiger partial charge is 0.465 e. The zero-order valence-electron chi connectivity index (χ0n) is 15.1. The highest BCUT2D eigenvalue weighted by Gasteiger charge is 2.11. The van der Waals surface area contributed by atoms with Crippen molar-refractivity contribution in [2.24, 2.45) is 0 Å².